The van der Waals surface area contributed by atoms with Gasteiger partial charge in [-0.15, -0.1) is 22.7 Å². The molecule has 0 aromatic carbocycles. The van der Waals surface area contributed by atoms with Crippen LogP contribution in [0.5, 0.6) is 0 Å². The lowest BCUT2D eigenvalue weighted by Crippen LogP contribution is -2.34. The zero-order valence-electron chi connectivity index (χ0n) is 25.1. The van der Waals surface area contributed by atoms with Crippen molar-refractivity contribution in [2.45, 2.75) is 69.5 Å². The number of hydrogen-bond acceptors (Lipinski definition) is 10. The summed E-state index contributed by atoms with van der Waals surface area (Å²) < 4.78 is 9.47. The Hall–Kier alpha value is -1.58. The Morgan fingerprint density at radius 1 is 0.786 bits per heavy atom. The number of carbonyl (C=O) groups is 3. The predicted molar refractivity (Wildman–Crippen MR) is 182 cm³/mol. The number of esters is 2. The van der Waals surface area contributed by atoms with Crippen LogP contribution < -0.4 is 0 Å². The highest BCUT2D eigenvalue weighted by atomic mass is 32.2. The molecule has 42 heavy (non-hydrogen) atoms. The summed E-state index contributed by atoms with van der Waals surface area (Å²) in [6.07, 6.45) is 8.72. The van der Waals surface area contributed by atoms with Crippen LogP contribution in [-0.4, -0.2) is 59.4 Å². The molecule has 0 atom stereocenters. The minimum Gasteiger partial charge on any atom is -0.506 e. The van der Waals surface area contributed by atoms with E-state index >= 15 is 0 Å². The third-order valence-electron chi connectivity index (χ3n) is 7.43. The van der Waals surface area contributed by atoms with Crippen LogP contribution in [0.2, 0.25) is 0 Å². The van der Waals surface area contributed by atoms with Crippen LogP contribution in [0.25, 0.3) is 5.76 Å². The van der Waals surface area contributed by atoms with Gasteiger partial charge in [0.15, 0.2) is 5.78 Å². The van der Waals surface area contributed by atoms with Crippen LogP contribution in [0, 0.1) is 0 Å². The number of aliphatic hydroxyl groups excluding tert-OH is 1. The molecule has 0 saturated carbocycles. The van der Waals surface area contributed by atoms with Crippen LogP contribution in [-0.2, 0) is 19.1 Å². The largest absolute Gasteiger partial charge is 0.506 e. The Morgan fingerprint density at radius 3 is 1.62 bits per heavy atom. The predicted octanol–water partition coefficient (Wildman–Crippen LogP) is 9.46. The second-order valence-electron chi connectivity index (χ2n) is 10.2. The Bertz CT molecular complexity index is 1220. The molecule has 0 amide bonds. The summed E-state index contributed by atoms with van der Waals surface area (Å²) in [5, 5.41) is 15.9. The molecule has 0 unspecified atom stereocenters. The van der Waals surface area contributed by atoms with Crippen molar-refractivity contribution in [3.63, 3.8) is 0 Å². The number of rotatable bonds is 17. The number of methoxy groups -OCH3 is 2. The average molecular weight is 670 g/mol. The number of hydrogen-bond donors (Lipinski definition) is 1. The topological polar surface area (TPSA) is 89.9 Å². The van der Waals surface area contributed by atoms with Crippen molar-refractivity contribution in [3.05, 3.63) is 60.2 Å². The first-order valence-corrected chi connectivity index (χ1v) is 20.2. The monoisotopic (exact) mass is 669 g/mol. The summed E-state index contributed by atoms with van der Waals surface area (Å²) in [5.41, 5.74) is 0.593. The molecule has 1 aliphatic heterocycles. The molecule has 230 valence electrons. The third kappa shape index (κ3) is 7.55. The van der Waals surface area contributed by atoms with E-state index in [1.165, 1.54) is 60.4 Å². The Labute approximate surface area is 267 Å². The van der Waals surface area contributed by atoms with E-state index in [2.05, 4.69) is 20.8 Å². The van der Waals surface area contributed by atoms with Gasteiger partial charge in [0.25, 0.3) is 0 Å². The lowest BCUT2D eigenvalue weighted by atomic mass is 10.1. The first-order chi connectivity index (χ1) is 20.2. The van der Waals surface area contributed by atoms with Gasteiger partial charge in [-0.05, 0) is 42.2 Å². The van der Waals surface area contributed by atoms with Crippen LogP contribution in [0.15, 0.2) is 50.4 Å². The molecule has 11 heteroatoms. The van der Waals surface area contributed by atoms with Gasteiger partial charge in [0.2, 0.25) is 3.82 Å². The third-order valence-corrected chi connectivity index (χ3v) is 19.9. The molecule has 2 aromatic heterocycles. The summed E-state index contributed by atoms with van der Waals surface area (Å²) in [5.74, 6) is -1.23. The summed E-state index contributed by atoms with van der Waals surface area (Å²) >= 11 is 5.44. The van der Waals surface area contributed by atoms with E-state index in [1.54, 1.807) is 6.07 Å². The zero-order valence-corrected chi connectivity index (χ0v) is 29.3. The molecular formula is C31H42O6PS4+. The van der Waals surface area contributed by atoms with Gasteiger partial charge in [-0.3, -0.25) is 4.79 Å². The SMILES string of the molecule is CCCC[P+](CCCC)(CCCC)C1(/C(CC(=O)c2cccs2)=C(/O)c2cccs2)SC(C(=O)OC)=C(C(=O)OC)S1. The molecule has 0 bridgehead atoms. The van der Waals surface area contributed by atoms with Gasteiger partial charge in [0.1, 0.15) is 15.6 Å². The second kappa shape index (κ2) is 16.5. The molecule has 6 nitrogen and oxygen atoms in total. The van der Waals surface area contributed by atoms with Gasteiger partial charge in [0, 0.05) is 19.3 Å². The summed E-state index contributed by atoms with van der Waals surface area (Å²) in [4.78, 5) is 42.1. The Kier molecular flexibility index (Phi) is 13.7. The van der Waals surface area contributed by atoms with E-state index in [0.717, 1.165) is 57.0 Å². The molecule has 0 fully saturated rings. The highest BCUT2D eigenvalue weighted by molar-refractivity contribution is 8.33. The highest BCUT2D eigenvalue weighted by Gasteiger charge is 2.66. The molecule has 1 N–H and O–H groups in total. The molecule has 3 heterocycles. The smallest absolute Gasteiger partial charge is 0.345 e. The average Bonchev–Trinajstić information content (AvgIpc) is 3.80. The summed E-state index contributed by atoms with van der Waals surface area (Å²) in [6.45, 7) is 6.52. The van der Waals surface area contributed by atoms with Crippen LogP contribution in [0.1, 0.15) is 80.3 Å². The maximum atomic E-state index is 13.9. The van der Waals surface area contributed by atoms with E-state index in [1.807, 2.05) is 29.0 Å². The Morgan fingerprint density at radius 2 is 1.24 bits per heavy atom. The van der Waals surface area contributed by atoms with Crippen molar-refractivity contribution in [2.75, 3.05) is 32.7 Å². The quantitative estimate of drug-likeness (QED) is 0.0771. The first-order valence-electron chi connectivity index (χ1n) is 14.4. The van der Waals surface area contributed by atoms with E-state index in [0.29, 0.717) is 15.3 Å². The number of unbranched alkanes of at least 4 members (excludes halogenated alkanes) is 3. The normalized spacial score (nSPS) is 15.5. The number of carbonyl (C=O) groups excluding carboxylic acids is 3. The first kappa shape index (κ1) is 34.9. The van der Waals surface area contributed by atoms with Gasteiger partial charge < -0.3 is 14.6 Å². The highest BCUT2D eigenvalue weighted by Crippen LogP contribution is 2.84. The number of thioether (sulfide) groups is 2. The number of aliphatic hydroxyl groups is 1. The van der Waals surface area contributed by atoms with Crippen molar-refractivity contribution in [1.29, 1.82) is 0 Å². The van der Waals surface area contributed by atoms with Gasteiger partial charge in [-0.2, -0.15) is 0 Å². The minimum absolute atomic E-state index is 0.0146. The lowest BCUT2D eigenvalue weighted by Gasteiger charge is -2.43. The van der Waals surface area contributed by atoms with Gasteiger partial charge in [0.05, 0.1) is 42.5 Å². The van der Waals surface area contributed by atoms with Crippen molar-refractivity contribution in [3.8, 4) is 0 Å². The Balaban J connectivity index is 2.41. The van der Waals surface area contributed by atoms with Gasteiger partial charge >= 0.3 is 11.9 Å². The fourth-order valence-electron chi connectivity index (χ4n) is 5.20. The van der Waals surface area contributed by atoms with Crippen LogP contribution in [0.3, 0.4) is 0 Å². The molecule has 3 rings (SSSR count). The molecule has 1 aliphatic rings. The van der Waals surface area contributed by atoms with E-state index in [-0.39, 0.29) is 27.8 Å². The molecule has 2 aromatic rings. The summed E-state index contributed by atoms with van der Waals surface area (Å²) in [7, 11) is 0.480. The molecule has 0 radical (unpaired) electrons. The molecule has 0 spiro atoms. The number of ether oxygens (including phenoxy) is 2. The maximum absolute atomic E-state index is 13.9. The lowest BCUT2D eigenvalue weighted by molar-refractivity contribution is -0.138. The van der Waals surface area contributed by atoms with Crippen molar-refractivity contribution >= 4 is 76.9 Å². The number of Topliss-reactive ketones (excluding diaryl/α,β-unsaturated/α-hetero) is 1. The molecule has 0 saturated heterocycles. The fourth-order valence-corrected chi connectivity index (χ4v) is 18.1. The minimum atomic E-state index is -2.14. The zero-order chi connectivity index (χ0) is 30.8. The molecular weight excluding hydrogens is 628 g/mol. The van der Waals surface area contributed by atoms with E-state index in [9.17, 15) is 19.5 Å². The van der Waals surface area contributed by atoms with Crippen molar-refractivity contribution in [1.82, 2.24) is 0 Å². The maximum Gasteiger partial charge on any atom is 0.345 e. The fraction of sp³-hybridized carbons (Fsp3) is 0.516. The van der Waals surface area contributed by atoms with E-state index in [4.69, 9.17) is 9.47 Å². The van der Waals surface area contributed by atoms with Crippen LogP contribution in [0.4, 0.5) is 0 Å². The summed E-state index contributed by atoms with van der Waals surface area (Å²) in [6, 6.07) is 7.39. The van der Waals surface area contributed by atoms with Gasteiger partial charge in [-0.25, -0.2) is 9.59 Å². The second-order valence-corrected chi connectivity index (χ2v) is 19.7. The van der Waals surface area contributed by atoms with Crippen molar-refractivity contribution < 1.29 is 29.0 Å². The number of thiophene rings is 2. The van der Waals surface area contributed by atoms with E-state index < -0.39 is 23.0 Å². The standard InChI is InChI=1S/C31H41O6PS4/c1-6-9-16-38(17-10-7-2,18-11-8-3)31(41-27(29(34)36-4)28(42-31)30(35)37-5)22(26(33)25-15-13-20-40-25)21-23(32)24-14-12-19-39-24/h12-15,19-20H,6-11,16-18,21H2,1-5H3/p+1/b26-22+. The van der Waals surface area contributed by atoms with Crippen LogP contribution >= 0.6 is 53.5 Å². The van der Waals surface area contributed by atoms with Crippen molar-refractivity contribution in [2.24, 2.45) is 0 Å². The van der Waals surface area contributed by atoms with Gasteiger partial charge in [-0.1, -0.05) is 75.7 Å². The number of ketones is 1. The molecule has 0 aliphatic carbocycles.